The van der Waals surface area contributed by atoms with Gasteiger partial charge in [0.25, 0.3) is 5.56 Å². The van der Waals surface area contributed by atoms with Gasteiger partial charge in [-0.2, -0.15) is 0 Å². The summed E-state index contributed by atoms with van der Waals surface area (Å²) in [5, 5.41) is 13.0. The van der Waals surface area contributed by atoms with Crippen LogP contribution in [0.3, 0.4) is 0 Å². The average molecular weight is 491 g/mol. The summed E-state index contributed by atoms with van der Waals surface area (Å²) in [4.78, 5) is 41.8. The maximum Gasteiger partial charge on any atom is 0.333 e. The first-order valence-corrected chi connectivity index (χ1v) is 11.0. The van der Waals surface area contributed by atoms with Crippen molar-refractivity contribution in [2.24, 2.45) is 19.1 Å². The number of anilines is 1. The number of nitrogens with one attached hydrogen (secondary N) is 1. The van der Waals surface area contributed by atoms with Crippen LogP contribution in [0.5, 0.6) is 5.88 Å². The van der Waals surface area contributed by atoms with Crippen molar-refractivity contribution in [3.05, 3.63) is 85.3 Å². The molecule has 0 aliphatic heterocycles. The second kappa shape index (κ2) is 10.1. The Kier molecular flexibility index (Phi) is 7.39. The molecule has 3 aromatic rings. The Morgan fingerprint density at radius 2 is 1.82 bits per heavy atom. The third kappa shape index (κ3) is 5.52. The lowest BCUT2D eigenvalue weighted by atomic mass is 10.2. The molecule has 0 aliphatic rings. The van der Waals surface area contributed by atoms with Crippen LogP contribution in [0.15, 0.2) is 57.0 Å². The van der Waals surface area contributed by atoms with E-state index in [0.717, 1.165) is 32.5 Å². The van der Waals surface area contributed by atoms with Gasteiger partial charge in [0.1, 0.15) is 16.4 Å². The van der Waals surface area contributed by atoms with Gasteiger partial charge in [-0.05, 0) is 37.3 Å². The van der Waals surface area contributed by atoms with E-state index in [4.69, 9.17) is 11.6 Å². The molecule has 2 aromatic carbocycles. The zero-order chi connectivity index (χ0) is 24.3. The summed E-state index contributed by atoms with van der Waals surface area (Å²) in [7, 11) is 2.60. The molecule has 0 atom stereocenters. The average Bonchev–Trinajstić information content (AvgIpc) is 2.78. The van der Waals surface area contributed by atoms with Gasteiger partial charge in [0, 0.05) is 19.8 Å². The normalized spacial score (nSPS) is 11.5. The predicted octanol–water partition coefficient (Wildman–Crippen LogP) is 3.34. The Hall–Kier alpha value is -3.37. The summed E-state index contributed by atoms with van der Waals surface area (Å²) in [6, 6.07) is 10.9. The van der Waals surface area contributed by atoms with Crippen LogP contribution in [-0.4, -0.2) is 30.9 Å². The van der Waals surface area contributed by atoms with Crippen LogP contribution in [0.25, 0.3) is 0 Å². The molecule has 8 nitrogen and oxygen atoms in total. The molecule has 0 fully saturated rings. The van der Waals surface area contributed by atoms with Crippen LogP contribution in [0, 0.1) is 12.7 Å². The maximum absolute atomic E-state index is 13.3. The van der Waals surface area contributed by atoms with Crippen LogP contribution < -0.4 is 16.6 Å². The van der Waals surface area contributed by atoms with Crippen LogP contribution in [0.1, 0.15) is 11.1 Å². The highest BCUT2D eigenvalue weighted by atomic mass is 35.5. The van der Waals surface area contributed by atoms with Gasteiger partial charge in [-0.3, -0.25) is 18.7 Å². The molecule has 0 saturated heterocycles. The molecule has 3 rings (SSSR count). The van der Waals surface area contributed by atoms with E-state index in [2.05, 4.69) is 10.3 Å². The van der Waals surface area contributed by atoms with E-state index in [0.29, 0.717) is 11.4 Å². The monoisotopic (exact) mass is 490 g/mol. The van der Waals surface area contributed by atoms with Gasteiger partial charge < -0.3 is 10.4 Å². The minimum Gasteiger partial charge on any atom is -0.494 e. The molecule has 1 heterocycles. The molecule has 0 spiro atoms. The van der Waals surface area contributed by atoms with Crippen molar-refractivity contribution in [3.63, 3.8) is 0 Å². The highest BCUT2D eigenvalue weighted by Gasteiger charge is 2.22. The van der Waals surface area contributed by atoms with Crippen molar-refractivity contribution in [2.75, 3.05) is 11.1 Å². The maximum atomic E-state index is 13.3. The molecular formula is C22H20ClFN4O4S. The number of thioether (sulfide) groups is 1. The van der Waals surface area contributed by atoms with Crippen molar-refractivity contribution < 1.29 is 14.3 Å². The first-order valence-electron chi connectivity index (χ1n) is 9.61. The predicted molar refractivity (Wildman–Crippen MR) is 128 cm³/mol. The summed E-state index contributed by atoms with van der Waals surface area (Å²) in [6.07, 6.45) is 0. The number of benzene rings is 2. The number of aromatic hydroxyl groups is 1. The zero-order valence-electron chi connectivity index (χ0n) is 17.9. The molecule has 33 heavy (non-hydrogen) atoms. The van der Waals surface area contributed by atoms with Crippen molar-refractivity contribution in [1.82, 2.24) is 9.13 Å². The molecule has 172 valence electrons. The van der Waals surface area contributed by atoms with Crippen LogP contribution in [-0.2, 0) is 18.9 Å². The number of aliphatic imine (C=N–C) groups is 1. The van der Waals surface area contributed by atoms with Crippen LogP contribution in [0.2, 0.25) is 5.02 Å². The third-order valence-electron chi connectivity index (χ3n) is 4.66. The standard InChI is InChI=1S/C22H20ClFN4O4S/c1-12-4-6-13(7-5-12)26-19(18-20(30)27(2)22(32)28(3)21(18)31)33-11-17(29)25-14-8-9-16(24)15(23)10-14/h4-10,30H,11H2,1-3H3,(H,25,29). The van der Waals surface area contributed by atoms with Crippen molar-refractivity contribution in [3.8, 4) is 5.88 Å². The van der Waals surface area contributed by atoms with E-state index in [1.165, 1.54) is 26.2 Å². The first-order chi connectivity index (χ1) is 15.6. The second-order valence-electron chi connectivity index (χ2n) is 7.12. The second-order valence-corrected chi connectivity index (χ2v) is 8.49. The quantitative estimate of drug-likeness (QED) is 0.421. The van der Waals surface area contributed by atoms with Gasteiger partial charge in [0.05, 0.1) is 16.5 Å². The third-order valence-corrected chi connectivity index (χ3v) is 5.92. The molecule has 0 saturated carbocycles. The summed E-state index contributed by atoms with van der Waals surface area (Å²) >= 11 is 6.64. The summed E-state index contributed by atoms with van der Waals surface area (Å²) in [6.45, 7) is 1.91. The highest BCUT2D eigenvalue weighted by molar-refractivity contribution is 8.15. The van der Waals surface area contributed by atoms with Crippen LogP contribution >= 0.6 is 23.4 Å². The van der Waals surface area contributed by atoms with E-state index < -0.39 is 28.9 Å². The van der Waals surface area contributed by atoms with Gasteiger partial charge in [-0.1, -0.05) is 41.1 Å². The zero-order valence-corrected chi connectivity index (χ0v) is 19.5. The van der Waals surface area contributed by atoms with E-state index >= 15 is 0 Å². The number of aryl methyl sites for hydroxylation is 1. The van der Waals surface area contributed by atoms with E-state index in [1.54, 1.807) is 12.1 Å². The van der Waals surface area contributed by atoms with Crippen molar-refractivity contribution in [1.29, 1.82) is 0 Å². The molecule has 0 aliphatic carbocycles. The number of nitrogens with zero attached hydrogens (tertiary/aromatic N) is 3. The highest BCUT2D eigenvalue weighted by Crippen LogP contribution is 2.24. The first kappa shape index (κ1) is 24.3. The number of halogens is 2. The van der Waals surface area contributed by atoms with Gasteiger partial charge in [-0.15, -0.1) is 0 Å². The van der Waals surface area contributed by atoms with Gasteiger partial charge in [0.15, 0.2) is 0 Å². The Morgan fingerprint density at radius 3 is 2.45 bits per heavy atom. The Labute approximate surface area is 197 Å². The number of rotatable bonds is 5. The number of carbonyl (C=O) groups excluding carboxylic acids is 1. The molecule has 1 amide bonds. The molecule has 0 radical (unpaired) electrons. The van der Waals surface area contributed by atoms with Gasteiger partial charge in [-0.25, -0.2) is 14.2 Å². The smallest absolute Gasteiger partial charge is 0.333 e. The lowest BCUT2D eigenvalue weighted by molar-refractivity contribution is -0.113. The molecule has 11 heteroatoms. The van der Waals surface area contributed by atoms with Gasteiger partial charge >= 0.3 is 5.69 Å². The minimum atomic E-state index is -0.750. The lowest BCUT2D eigenvalue weighted by Gasteiger charge is -2.12. The molecule has 2 N–H and O–H groups in total. The number of hydrogen-bond donors (Lipinski definition) is 2. The molecule has 0 unspecified atom stereocenters. The number of hydrogen-bond acceptors (Lipinski definition) is 6. The summed E-state index contributed by atoms with van der Waals surface area (Å²) in [5.74, 6) is -1.84. The molecular weight excluding hydrogens is 471 g/mol. The van der Waals surface area contributed by atoms with Crippen molar-refractivity contribution >= 4 is 45.7 Å². The molecule has 1 aromatic heterocycles. The fourth-order valence-corrected chi connectivity index (χ4v) is 3.84. The summed E-state index contributed by atoms with van der Waals surface area (Å²) < 4.78 is 15.1. The fraction of sp³-hybridized carbons (Fsp3) is 0.182. The largest absolute Gasteiger partial charge is 0.494 e. The fourth-order valence-electron chi connectivity index (χ4n) is 2.82. The topological polar surface area (TPSA) is 106 Å². The van der Waals surface area contributed by atoms with Crippen molar-refractivity contribution in [2.45, 2.75) is 6.92 Å². The number of carbonyl (C=O) groups is 1. The number of aromatic nitrogens is 2. The Balaban J connectivity index is 1.96. The Bertz CT molecular complexity index is 1370. The van der Waals surface area contributed by atoms with E-state index in [9.17, 15) is 23.9 Å². The van der Waals surface area contributed by atoms with Gasteiger partial charge in [0.2, 0.25) is 11.8 Å². The number of amides is 1. The SMILES string of the molecule is Cc1ccc(N=C(SCC(=O)Nc2ccc(F)c(Cl)c2)c2c(O)n(C)c(=O)n(C)c2=O)cc1. The summed E-state index contributed by atoms with van der Waals surface area (Å²) in [5.41, 5.74) is 0.129. The van der Waals surface area contributed by atoms with E-state index in [-0.39, 0.29) is 21.4 Å². The molecule has 0 bridgehead atoms. The minimum absolute atomic E-state index is 0.0554. The van der Waals surface area contributed by atoms with Crippen LogP contribution in [0.4, 0.5) is 15.8 Å². The Morgan fingerprint density at radius 1 is 1.15 bits per heavy atom. The lowest BCUT2D eigenvalue weighted by Crippen LogP contribution is -2.39. The van der Waals surface area contributed by atoms with E-state index in [1.807, 2.05) is 19.1 Å².